The molecule has 0 radical (unpaired) electrons. The second-order valence-electron chi connectivity index (χ2n) is 10.5. The van der Waals surface area contributed by atoms with Gasteiger partial charge < -0.3 is 38.5 Å². The Balaban J connectivity index is 0.000000432. The molecule has 242 valence electrons. The first kappa shape index (κ1) is 37.0. The minimum Gasteiger partial charge on any atom is -0.503 e. The van der Waals surface area contributed by atoms with Crippen LogP contribution in [0.1, 0.15) is 50.0 Å². The van der Waals surface area contributed by atoms with Crippen molar-refractivity contribution < 1.29 is 38.7 Å². The van der Waals surface area contributed by atoms with Crippen LogP contribution in [-0.4, -0.2) is 78.0 Å². The van der Waals surface area contributed by atoms with E-state index in [1.807, 2.05) is 43.4 Å². The van der Waals surface area contributed by atoms with Gasteiger partial charge in [0.25, 0.3) is 5.88 Å². The van der Waals surface area contributed by atoms with E-state index in [-0.39, 0.29) is 40.4 Å². The fourth-order valence-electron chi connectivity index (χ4n) is 3.69. The van der Waals surface area contributed by atoms with Gasteiger partial charge in [0.2, 0.25) is 0 Å². The second kappa shape index (κ2) is 18.6. The van der Waals surface area contributed by atoms with Gasteiger partial charge in [0.1, 0.15) is 15.9 Å². The molecule has 2 N–H and O–H groups in total. The largest absolute Gasteiger partial charge is 0.503 e. The van der Waals surface area contributed by atoms with Crippen molar-refractivity contribution in [2.45, 2.75) is 39.7 Å². The van der Waals surface area contributed by atoms with Crippen LogP contribution in [0.2, 0.25) is 5.15 Å². The Hall–Kier alpha value is -3.14. The van der Waals surface area contributed by atoms with Crippen molar-refractivity contribution in [3.05, 3.63) is 67.5 Å². The number of aromatic hydroxyl groups is 1. The molecule has 0 aliphatic heterocycles. The number of pyridine rings is 3. The Bertz CT molecular complexity index is 1400. The predicted molar refractivity (Wildman–Crippen MR) is 173 cm³/mol. The lowest BCUT2D eigenvalue weighted by Gasteiger charge is -2.33. The number of hydrogen-bond donors (Lipinski definition) is 2. The molecule has 3 aromatic heterocycles. The monoisotopic (exact) mass is 747 g/mol. The highest BCUT2D eigenvalue weighted by atomic mass is 127. The highest BCUT2D eigenvalue weighted by Gasteiger charge is 2.28. The lowest BCUT2D eigenvalue weighted by atomic mass is 9.87. The van der Waals surface area contributed by atoms with Gasteiger partial charge in [-0.15, -0.1) is 0 Å². The second-order valence-corrected chi connectivity index (χ2v) is 11.8. The summed E-state index contributed by atoms with van der Waals surface area (Å²) >= 11 is 8.22. The number of methoxy groups -OCH3 is 2. The molecule has 3 heterocycles. The SMILES string of the molecule is COCCCOc1cc(OC[C@H](n2ccc(=O)c(C(=O)O)c2)C(C)(C)C)c(I)nc1Cl.COCCCOc1ncccc1O. The van der Waals surface area contributed by atoms with Gasteiger partial charge in [-0.1, -0.05) is 32.4 Å². The standard InChI is InChI=1S/C21H26ClIN2O6.C9H13NO3/c1-21(2,3)17(25-7-6-14(26)13(11-25)20(27)28)12-31-16-10-15(18(22)24-19(16)23)30-9-5-8-29-4;1-12-6-3-7-13-9-8(11)4-2-5-10-9/h6-7,10-11,17H,5,8-9,12H2,1-4H3,(H,27,28);2,4-5,11H,3,6-7H2,1H3/t17-;/m0./s1. The Morgan fingerprint density at radius 2 is 1.70 bits per heavy atom. The maximum atomic E-state index is 11.8. The van der Waals surface area contributed by atoms with Crippen LogP contribution in [0.5, 0.6) is 23.1 Å². The molecule has 0 fully saturated rings. The molecule has 12 nitrogen and oxygen atoms in total. The number of aromatic carboxylic acids is 1. The molecule has 3 rings (SSSR count). The van der Waals surface area contributed by atoms with E-state index in [0.717, 1.165) is 6.42 Å². The van der Waals surface area contributed by atoms with Crippen LogP contribution in [0.15, 0.2) is 47.7 Å². The van der Waals surface area contributed by atoms with Crippen molar-refractivity contribution in [2.75, 3.05) is 47.3 Å². The van der Waals surface area contributed by atoms with E-state index in [0.29, 0.717) is 48.0 Å². The van der Waals surface area contributed by atoms with E-state index in [4.69, 9.17) is 35.3 Å². The third kappa shape index (κ3) is 12.1. The summed E-state index contributed by atoms with van der Waals surface area (Å²) in [6, 6.07) is 5.87. The molecule has 14 heteroatoms. The molecule has 1 atom stereocenters. The highest BCUT2D eigenvalue weighted by molar-refractivity contribution is 14.1. The van der Waals surface area contributed by atoms with E-state index in [1.165, 1.54) is 12.3 Å². The Morgan fingerprint density at radius 3 is 2.30 bits per heavy atom. The van der Waals surface area contributed by atoms with Crippen LogP contribution in [0.3, 0.4) is 0 Å². The zero-order valence-electron chi connectivity index (χ0n) is 25.4. The van der Waals surface area contributed by atoms with Gasteiger partial charge in [-0.25, -0.2) is 14.8 Å². The number of halogens is 2. The smallest absolute Gasteiger partial charge is 0.341 e. The molecular formula is C30H39ClIN3O9. The van der Waals surface area contributed by atoms with Crippen LogP contribution in [0.25, 0.3) is 0 Å². The van der Waals surface area contributed by atoms with Crippen molar-refractivity contribution in [3.63, 3.8) is 0 Å². The molecule has 0 aliphatic rings. The highest BCUT2D eigenvalue weighted by Crippen LogP contribution is 2.34. The topological polar surface area (TPSA) is 151 Å². The summed E-state index contributed by atoms with van der Waals surface area (Å²) in [6.07, 6.45) is 5.99. The van der Waals surface area contributed by atoms with Gasteiger partial charge in [-0.2, -0.15) is 0 Å². The molecule has 3 aromatic rings. The molecule has 0 saturated heterocycles. The van der Waals surface area contributed by atoms with Gasteiger partial charge in [-0.3, -0.25) is 4.79 Å². The lowest BCUT2D eigenvalue weighted by molar-refractivity contribution is 0.0692. The van der Waals surface area contributed by atoms with Crippen LogP contribution in [0.4, 0.5) is 0 Å². The number of hydrogen-bond acceptors (Lipinski definition) is 10. The van der Waals surface area contributed by atoms with Gasteiger partial charge in [0.15, 0.2) is 27.8 Å². The summed E-state index contributed by atoms with van der Waals surface area (Å²) < 4.78 is 29.1. The summed E-state index contributed by atoms with van der Waals surface area (Å²) in [6.45, 7) is 8.39. The predicted octanol–water partition coefficient (Wildman–Crippen LogP) is 5.48. The fraction of sp³-hybridized carbons (Fsp3) is 0.467. The first-order valence-corrected chi connectivity index (χ1v) is 15.2. The van der Waals surface area contributed by atoms with E-state index < -0.39 is 11.4 Å². The van der Waals surface area contributed by atoms with Gasteiger partial charge in [0, 0.05) is 71.0 Å². The molecule has 44 heavy (non-hydrogen) atoms. The zero-order valence-corrected chi connectivity index (χ0v) is 28.3. The average molecular weight is 748 g/mol. The number of carboxylic acids is 1. The number of aromatic nitrogens is 3. The van der Waals surface area contributed by atoms with Crippen LogP contribution in [0, 0.1) is 9.12 Å². The molecule has 0 saturated carbocycles. The number of rotatable bonds is 15. The number of carbonyl (C=O) groups is 1. The fourth-order valence-corrected chi connectivity index (χ4v) is 4.58. The Labute approximate surface area is 275 Å². The summed E-state index contributed by atoms with van der Waals surface area (Å²) in [5.41, 5.74) is -1.12. The van der Waals surface area contributed by atoms with Crippen molar-refractivity contribution in [2.24, 2.45) is 5.41 Å². The van der Waals surface area contributed by atoms with E-state index in [2.05, 4.69) is 9.97 Å². The van der Waals surface area contributed by atoms with Gasteiger partial charge >= 0.3 is 5.97 Å². The Kier molecular flexibility index (Phi) is 15.7. The third-order valence-corrected chi connectivity index (χ3v) is 7.07. The van der Waals surface area contributed by atoms with E-state index in [9.17, 15) is 19.8 Å². The van der Waals surface area contributed by atoms with Gasteiger partial charge in [-0.05, 0) is 40.1 Å². The Morgan fingerprint density at radius 1 is 1.05 bits per heavy atom. The molecule has 0 aromatic carbocycles. The van der Waals surface area contributed by atoms with Crippen LogP contribution >= 0.6 is 34.2 Å². The van der Waals surface area contributed by atoms with Crippen molar-refractivity contribution in [3.8, 4) is 23.1 Å². The van der Waals surface area contributed by atoms with Crippen LogP contribution in [-0.2, 0) is 9.47 Å². The van der Waals surface area contributed by atoms with Crippen molar-refractivity contribution >= 4 is 40.2 Å². The van der Waals surface area contributed by atoms with Gasteiger partial charge in [0.05, 0.1) is 19.3 Å². The van der Waals surface area contributed by atoms with E-state index >= 15 is 0 Å². The summed E-state index contributed by atoms with van der Waals surface area (Å²) in [7, 11) is 3.26. The first-order chi connectivity index (χ1) is 20.9. The molecule has 0 bridgehead atoms. The average Bonchev–Trinajstić information content (AvgIpc) is 2.96. The maximum absolute atomic E-state index is 11.8. The number of carboxylic acid groups (broad SMARTS) is 1. The zero-order chi connectivity index (χ0) is 32.7. The maximum Gasteiger partial charge on any atom is 0.341 e. The minimum absolute atomic E-state index is 0.0694. The van der Waals surface area contributed by atoms with Crippen molar-refractivity contribution in [1.82, 2.24) is 14.5 Å². The normalized spacial score (nSPS) is 11.7. The lowest BCUT2D eigenvalue weighted by Crippen LogP contribution is -2.31. The summed E-state index contributed by atoms with van der Waals surface area (Å²) in [5.74, 6) is -0.00401. The molecule has 0 amide bonds. The van der Waals surface area contributed by atoms with Crippen LogP contribution < -0.4 is 19.6 Å². The molecular weight excluding hydrogens is 709 g/mol. The van der Waals surface area contributed by atoms with E-state index in [1.54, 1.807) is 49.4 Å². The molecule has 0 spiro atoms. The van der Waals surface area contributed by atoms with Crippen molar-refractivity contribution in [1.29, 1.82) is 0 Å². The third-order valence-electron chi connectivity index (χ3n) is 6.03. The summed E-state index contributed by atoms with van der Waals surface area (Å²) in [5, 5.41) is 18.8. The molecule has 0 aliphatic carbocycles. The first-order valence-electron chi connectivity index (χ1n) is 13.7. The summed E-state index contributed by atoms with van der Waals surface area (Å²) in [4.78, 5) is 31.4. The number of nitrogens with zero attached hydrogens (tertiary/aromatic N) is 3. The molecule has 0 unspecified atom stereocenters. The minimum atomic E-state index is -1.26. The quantitative estimate of drug-likeness (QED) is 0.116. The number of ether oxygens (including phenoxy) is 5.